The van der Waals surface area contributed by atoms with Gasteiger partial charge in [0, 0.05) is 16.5 Å². The third kappa shape index (κ3) is 2.83. The Kier molecular flexibility index (Phi) is 3.73. The molecule has 0 radical (unpaired) electrons. The van der Waals surface area contributed by atoms with Gasteiger partial charge in [0.15, 0.2) is 0 Å². The topological polar surface area (TPSA) is 42.2 Å². The van der Waals surface area contributed by atoms with Crippen LogP contribution in [0.1, 0.15) is 21.5 Å². The van der Waals surface area contributed by atoms with Gasteiger partial charge in [-0.15, -0.1) is 0 Å². The molecule has 0 aliphatic heterocycles. The zero-order valence-electron chi connectivity index (χ0n) is 14.2. The summed E-state index contributed by atoms with van der Waals surface area (Å²) >= 11 is 0. The number of benzene rings is 3. The number of hydrogen-bond donors (Lipinski definition) is 1. The van der Waals surface area contributed by atoms with Crippen molar-refractivity contribution >= 4 is 27.8 Å². The molecule has 0 aliphatic rings. The summed E-state index contributed by atoms with van der Waals surface area (Å²) in [5.41, 5.74) is 2.58. The zero-order valence-corrected chi connectivity index (χ0v) is 14.2. The highest BCUT2D eigenvalue weighted by Gasteiger charge is 2.30. The summed E-state index contributed by atoms with van der Waals surface area (Å²) in [6.07, 6.45) is -4.40. The number of carboxylic acid groups (broad SMARTS) is 1. The van der Waals surface area contributed by atoms with Gasteiger partial charge < -0.3 is 9.67 Å². The molecule has 0 fully saturated rings. The van der Waals surface area contributed by atoms with Crippen LogP contribution in [0.25, 0.3) is 27.5 Å². The minimum absolute atomic E-state index is 0.162. The van der Waals surface area contributed by atoms with Gasteiger partial charge in [-0.25, -0.2) is 4.79 Å². The molecule has 6 heteroatoms. The molecule has 1 N–H and O–H groups in total. The Morgan fingerprint density at radius 1 is 0.889 bits per heavy atom. The van der Waals surface area contributed by atoms with Crippen LogP contribution in [-0.2, 0) is 6.18 Å². The standard InChI is InChI=1S/C21H14F3NO2/c1-12-2-8-16-17-11-13(20(26)27)3-9-18(17)25(19(16)10-12)15-6-4-14(5-7-15)21(22,23)24/h2-11H,1H3,(H,26,27). The second-order valence-corrected chi connectivity index (χ2v) is 6.44. The predicted molar refractivity (Wildman–Crippen MR) is 97.5 cm³/mol. The molecule has 3 nitrogen and oxygen atoms in total. The molecule has 0 atom stereocenters. The first-order valence-corrected chi connectivity index (χ1v) is 8.21. The first kappa shape index (κ1) is 17.1. The molecule has 136 valence electrons. The number of aromatic carboxylic acids is 1. The molecule has 4 aromatic rings. The fraction of sp³-hybridized carbons (Fsp3) is 0.0952. The third-order valence-electron chi connectivity index (χ3n) is 4.62. The molecule has 0 saturated heterocycles. The maximum atomic E-state index is 12.9. The van der Waals surface area contributed by atoms with Crippen molar-refractivity contribution in [2.75, 3.05) is 0 Å². The van der Waals surface area contributed by atoms with Gasteiger partial charge in [-0.05, 0) is 61.0 Å². The number of carbonyl (C=O) groups is 1. The van der Waals surface area contributed by atoms with Crippen molar-refractivity contribution in [1.82, 2.24) is 4.57 Å². The molecular formula is C21H14F3NO2. The molecule has 0 unspecified atom stereocenters. The number of nitrogens with zero attached hydrogens (tertiary/aromatic N) is 1. The molecule has 0 amide bonds. The zero-order chi connectivity index (χ0) is 19.3. The van der Waals surface area contributed by atoms with Crippen LogP contribution in [0.15, 0.2) is 60.7 Å². The third-order valence-corrected chi connectivity index (χ3v) is 4.62. The highest BCUT2D eigenvalue weighted by Crippen LogP contribution is 2.35. The molecule has 3 aromatic carbocycles. The van der Waals surface area contributed by atoms with Crippen LogP contribution in [0.3, 0.4) is 0 Å². The van der Waals surface area contributed by atoms with E-state index in [1.807, 2.05) is 29.7 Å². The minimum Gasteiger partial charge on any atom is -0.478 e. The van der Waals surface area contributed by atoms with Crippen LogP contribution in [0, 0.1) is 6.92 Å². The van der Waals surface area contributed by atoms with Crippen LogP contribution in [0.5, 0.6) is 0 Å². The van der Waals surface area contributed by atoms with E-state index < -0.39 is 17.7 Å². The van der Waals surface area contributed by atoms with Crippen LogP contribution in [0.2, 0.25) is 0 Å². The monoisotopic (exact) mass is 369 g/mol. The number of halogens is 3. The Hall–Kier alpha value is -3.28. The predicted octanol–water partition coefficient (Wildman–Crippen LogP) is 5.81. The number of hydrogen-bond acceptors (Lipinski definition) is 1. The van der Waals surface area contributed by atoms with E-state index >= 15 is 0 Å². The number of alkyl halides is 3. The lowest BCUT2D eigenvalue weighted by Crippen LogP contribution is -2.05. The van der Waals surface area contributed by atoms with Crippen LogP contribution >= 0.6 is 0 Å². The van der Waals surface area contributed by atoms with Crippen LogP contribution in [0.4, 0.5) is 13.2 Å². The fourth-order valence-corrected chi connectivity index (χ4v) is 3.34. The fourth-order valence-electron chi connectivity index (χ4n) is 3.34. The summed E-state index contributed by atoms with van der Waals surface area (Å²) in [5.74, 6) is -1.03. The van der Waals surface area contributed by atoms with Crippen molar-refractivity contribution in [2.45, 2.75) is 13.1 Å². The van der Waals surface area contributed by atoms with Crippen molar-refractivity contribution in [3.63, 3.8) is 0 Å². The molecule has 4 rings (SSSR count). The molecule has 1 heterocycles. The summed E-state index contributed by atoms with van der Waals surface area (Å²) in [5, 5.41) is 10.9. The van der Waals surface area contributed by atoms with Gasteiger partial charge >= 0.3 is 12.1 Å². The maximum absolute atomic E-state index is 12.9. The number of rotatable bonds is 2. The number of aryl methyl sites for hydroxylation is 1. The summed E-state index contributed by atoms with van der Waals surface area (Å²) in [7, 11) is 0. The normalized spacial score (nSPS) is 12.0. The molecule has 1 aromatic heterocycles. The van der Waals surface area contributed by atoms with Gasteiger partial charge in [0.1, 0.15) is 0 Å². The van der Waals surface area contributed by atoms with E-state index in [0.29, 0.717) is 5.69 Å². The molecular weight excluding hydrogens is 355 g/mol. The smallest absolute Gasteiger partial charge is 0.416 e. The number of fused-ring (bicyclic) bond motifs is 3. The SMILES string of the molecule is Cc1ccc2c3cc(C(=O)O)ccc3n(-c3ccc(C(F)(F)F)cc3)c2c1. The first-order valence-electron chi connectivity index (χ1n) is 8.21. The highest BCUT2D eigenvalue weighted by molar-refractivity contribution is 6.11. The average molecular weight is 369 g/mol. The second-order valence-electron chi connectivity index (χ2n) is 6.44. The molecule has 0 bridgehead atoms. The van der Waals surface area contributed by atoms with Crippen LogP contribution in [-0.4, -0.2) is 15.6 Å². The Morgan fingerprint density at radius 2 is 1.59 bits per heavy atom. The average Bonchev–Trinajstić information content (AvgIpc) is 2.93. The number of aromatic nitrogens is 1. The van der Waals surface area contributed by atoms with Crippen molar-refractivity contribution in [3.8, 4) is 5.69 Å². The molecule has 0 saturated carbocycles. The maximum Gasteiger partial charge on any atom is 0.416 e. The summed E-state index contributed by atoms with van der Waals surface area (Å²) in [6, 6.07) is 15.5. The van der Waals surface area contributed by atoms with E-state index in [1.54, 1.807) is 12.1 Å². The van der Waals surface area contributed by atoms with Gasteiger partial charge in [0.05, 0.1) is 22.2 Å². The number of carboxylic acids is 1. The van der Waals surface area contributed by atoms with E-state index in [1.165, 1.54) is 18.2 Å². The molecule has 0 aliphatic carbocycles. The minimum atomic E-state index is -4.40. The van der Waals surface area contributed by atoms with Crippen molar-refractivity contribution < 1.29 is 23.1 Å². The second kappa shape index (κ2) is 5.87. The van der Waals surface area contributed by atoms with Crippen molar-refractivity contribution in [1.29, 1.82) is 0 Å². The van der Waals surface area contributed by atoms with Crippen LogP contribution < -0.4 is 0 Å². The van der Waals surface area contributed by atoms with Gasteiger partial charge in [0.25, 0.3) is 0 Å². The Morgan fingerprint density at radius 3 is 2.22 bits per heavy atom. The van der Waals surface area contributed by atoms with E-state index in [0.717, 1.165) is 39.5 Å². The van der Waals surface area contributed by atoms with Crippen molar-refractivity contribution in [3.05, 3.63) is 77.4 Å². The van der Waals surface area contributed by atoms with Gasteiger partial charge in [-0.1, -0.05) is 12.1 Å². The van der Waals surface area contributed by atoms with E-state index in [9.17, 15) is 23.1 Å². The summed E-state index contributed by atoms with van der Waals surface area (Å²) in [4.78, 5) is 11.3. The molecule has 27 heavy (non-hydrogen) atoms. The van der Waals surface area contributed by atoms with E-state index in [-0.39, 0.29) is 5.56 Å². The highest BCUT2D eigenvalue weighted by atomic mass is 19.4. The summed E-state index contributed by atoms with van der Waals surface area (Å²) in [6.45, 7) is 1.93. The van der Waals surface area contributed by atoms with Crippen molar-refractivity contribution in [2.24, 2.45) is 0 Å². The first-order chi connectivity index (χ1) is 12.8. The Labute approximate surface area is 152 Å². The lowest BCUT2D eigenvalue weighted by molar-refractivity contribution is -0.137. The molecule has 0 spiro atoms. The van der Waals surface area contributed by atoms with Gasteiger partial charge in [-0.2, -0.15) is 13.2 Å². The van der Waals surface area contributed by atoms with Gasteiger partial charge in [-0.3, -0.25) is 0 Å². The van der Waals surface area contributed by atoms with E-state index in [2.05, 4.69) is 0 Å². The summed E-state index contributed by atoms with van der Waals surface area (Å²) < 4.78 is 40.5. The quantitative estimate of drug-likeness (QED) is 0.485. The largest absolute Gasteiger partial charge is 0.478 e. The lowest BCUT2D eigenvalue weighted by Gasteiger charge is -2.11. The Bertz CT molecular complexity index is 1190. The Balaban J connectivity index is 2.03. The van der Waals surface area contributed by atoms with Gasteiger partial charge in [0.2, 0.25) is 0 Å². The van der Waals surface area contributed by atoms with E-state index in [4.69, 9.17) is 0 Å². The lowest BCUT2D eigenvalue weighted by atomic mass is 10.1.